The predicted molar refractivity (Wildman–Crippen MR) is 549 cm³/mol. The van der Waals surface area contributed by atoms with Gasteiger partial charge < -0.3 is 15.0 Å². The molecule has 0 saturated heterocycles. The van der Waals surface area contributed by atoms with Crippen LogP contribution in [0.3, 0.4) is 0 Å². The first kappa shape index (κ1) is 83.9. The summed E-state index contributed by atoms with van der Waals surface area (Å²) in [5.41, 5.74) is 44.1. The molecule has 0 amide bonds. The maximum Gasteiger partial charge on any atom is 3.00 e. The summed E-state index contributed by atoms with van der Waals surface area (Å²) in [6.45, 7) is 0. The molecule has 3 nitrogen and oxygen atoms in total. The van der Waals surface area contributed by atoms with Gasteiger partial charge in [-0.1, -0.05) is 346 Å². The van der Waals surface area contributed by atoms with Gasteiger partial charge in [-0.3, -0.25) is 0 Å². The van der Waals surface area contributed by atoms with Crippen LogP contribution in [0.25, 0.3) is 201 Å². The molecule has 0 unspecified atom stereocenters. The Balaban J connectivity index is 0.0000106. The van der Waals surface area contributed by atoms with Crippen molar-refractivity contribution in [3.05, 3.63) is 527 Å². The Morgan fingerprint density at radius 1 is 0.158 bits per heavy atom. The van der Waals surface area contributed by atoms with E-state index in [1.165, 1.54) is 117 Å². The summed E-state index contributed by atoms with van der Waals surface area (Å²) < 4.78 is 0. The van der Waals surface area contributed by atoms with Crippen molar-refractivity contribution < 1.29 is 20.1 Å². The van der Waals surface area contributed by atoms with Crippen molar-refractivity contribution in [2.75, 3.05) is 0 Å². The van der Waals surface area contributed by atoms with Crippen molar-refractivity contribution in [3.63, 3.8) is 0 Å². The zero-order valence-electron chi connectivity index (χ0n) is 73.3. The van der Waals surface area contributed by atoms with Crippen molar-refractivity contribution in [3.8, 4) is 201 Å². The van der Waals surface area contributed by atoms with E-state index in [1.807, 2.05) is 18.2 Å². The van der Waals surface area contributed by atoms with Crippen molar-refractivity contribution in [2.24, 2.45) is 0 Å². The predicted octanol–water partition coefficient (Wildman–Crippen LogP) is 34.1. The van der Waals surface area contributed by atoms with E-state index in [0.29, 0.717) is 0 Å². The van der Waals surface area contributed by atoms with Crippen LogP contribution in [0.4, 0.5) is 0 Å². The number of hydrogen-bond acceptors (Lipinski definition) is 3. The topological polar surface area (TPSA) is 38.7 Å². The molecular weight excluding hydrogens is 1780 g/mol. The monoisotopic (exact) mass is 1870 g/mol. The van der Waals surface area contributed by atoms with Crippen LogP contribution in [-0.4, -0.2) is 15.0 Å². The second-order valence-electron chi connectivity index (χ2n) is 34.7. The molecule has 18 aromatic carbocycles. The van der Waals surface area contributed by atoms with Crippen molar-refractivity contribution in [1.82, 2.24) is 15.0 Å². The fourth-order valence-electron chi connectivity index (χ4n) is 19.7. The fourth-order valence-corrected chi connectivity index (χ4v) is 19.7. The van der Waals surface area contributed by atoms with Crippen LogP contribution in [0.5, 0.6) is 0 Å². The zero-order valence-corrected chi connectivity index (χ0v) is 75.7. The van der Waals surface area contributed by atoms with Crippen molar-refractivity contribution in [1.29, 1.82) is 0 Å². The van der Waals surface area contributed by atoms with E-state index < -0.39 is 0 Å². The summed E-state index contributed by atoms with van der Waals surface area (Å²) in [6.07, 6.45) is 9.07. The minimum Gasteiger partial charge on any atom is -0.304 e. The van der Waals surface area contributed by atoms with Gasteiger partial charge in [0.15, 0.2) is 0 Å². The second kappa shape index (κ2) is 38.4. The number of nitrogens with zero attached hydrogens (tertiary/aromatic N) is 3. The van der Waals surface area contributed by atoms with Crippen LogP contribution in [0.1, 0.15) is 53.7 Å². The third-order valence-electron chi connectivity index (χ3n) is 26.4. The van der Waals surface area contributed by atoms with E-state index in [1.54, 1.807) is 0 Å². The molecule has 133 heavy (non-hydrogen) atoms. The summed E-state index contributed by atoms with van der Waals surface area (Å²) in [5, 5.41) is 0. The standard InChI is InChI=1S/C129H90N3.Ir/c1-7-31-88(32-8-1)109-73-110(89-33-9-2-10-34-89)77-115(76-109)100-49-25-43-94(67-100)97-46-28-52-103(70-97)127-64-61-106(85-130-127)121-55-19-22-58-124(121)118-82-119(125-59-23-20-56-122(125)107-62-65-128(131-86-107)104-53-29-47-98(71-104)95-44-26-50-101(68-95)116-78-111(90-35-11-3-12-36-90)74-112(79-116)91-37-13-4-14-38-91)84-120(83-118)126-60-24-21-57-123(126)108-63-66-129(132-87-108)105-54-30-48-99(72-105)96-45-27-51-102(69-96)117-80-113(92-39-15-5-16-40-92)75-114(81-117)93-41-17-6-18-42-93;/h1-51,55-81,85-87,118-120H,82-84H2;/q-3;+3. The zero-order chi connectivity index (χ0) is 87.9. The molecular formula is C129H90IrN3. The molecule has 1 aliphatic rings. The molecule has 0 aliphatic heterocycles. The van der Waals surface area contributed by atoms with E-state index in [0.717, 1.165) is 120 Å². The van der Waals surface area contributed by atoms with Gasteiger partial charge in [-0.05, 0) is 294 Å². The van der Waals surface area contributed by atoms with E-state index in [9.17, 15) is 0 Å². The van der Waals surface area contributed by atoms with Crippen molar-refractivity contribution in [2.45, 2.75) is 37.0 Å². The minimum atomic E-state index is 0. The van der Waals surface area contributed by atoms with Gasteiger partial charge in [0.05, 0.1) is 0 Å². The maximum absolute atomic E-state index is 5.31. The Labute approximate surface area is 793 Å². The van der Waals surface area contributed by atoms with Gasteiger partial charge in [0, 0.05) is 18.6 Å². The first-order valence-corrected chi connectivity index (χ1v) is 45.7. The van der Waals surface area contributed by atoms with Gasteiger partial charge in [-0.15, -0.1) is 106 Å². The number of pyridine rings is 3. The molecule has 4 heteroatoms. The average molecular weight is 1870 g/mol. The molecule has 21 aromatic rings. The summed E-state index contributed by atoms with van der Waals surface area (Å²) in [4.78, 5) is 15.9. The number of rotatable bonds is 21. The number of benzene rings is 18. The fraction of sp³-hybridized carbons (Fsp3) is 0.0465. The van der Waals surface area contributed by atoms with Gasteiger partial charge in [0.1, 0.15) is 0 Å². The van der Waals surface area contributed by atoms with Crippen LogP contribution < -0.4 is 0 Å². The summed E-state index contributed by atoms with van der Waals surface area (Å²) in [7, 11) is 0. The maximum atomic E-state index is 5.31. The number of aromatic nitrogens is 3. The molecule has 3 aromatic heterocycles. The van der Waals surface area contributed by atoms with Crippen LogP contribution in [0.15, 0.2) is 492 Å². The molecule has 3 heterocycles. The van der Waals surface area contributed by atoms with Crippen LogP contribution in [-0.2, 0) is 20.1 Å². The Morgan fingerprint density at radius 3 is 0.571 bits per heavy atom. The summed E-state index contributed by atoms with van der Waals surface area (Å²) in [6, 6.07) is 182. The molecule has 1 saturated carbocycles. The average Bonchev–Trinajstić information content (AvgIpc) is 0.780. The molecule has 1 aliphatic carbocycles. The SMILES string of the molecule is [Ir+3].[c-]1ccc(-c2cccc(-c3cc(-c4ccccc4)cc(-c4ccccc4)c3)c2)cc1-c1ccc(-c2ccccc2C2CC(c3ccccc3-c3ccc(-c4[c-]ccc(-c5cccc(-c6cc(-c7ccccc7)cc(-c7ccccc7)c6)c5)c4)nc3)CC(c3ccccc3-c3ccc(-c4[c-]ccc(-c5cccc(-c6cc(-c7ccccc7)cc(-c7ccccc7)c6)c5)c4)nc3)C2)cn1. The number of hydrogen-bond donors (Lipinski definition) is 0. The van der Waals surface area contributed by atoms with Crippen LogP contribution in [0.2, 0.25) is 0 Å². The second-order valence-corrected chi connectivity index (χ2v) is 34.7. The molecule has 0 spiro atoms. The molecule has 0 atom stereocenters. The Morgan fingerprint density at radius 2 is 0.346 bits per heavy atom. The molecule has 0 bridgehead atoms. The van der Waals surface area contributed by atoms with Gasteiger partial charge >= 0.3 is 20.1 Å². The van der Waals surface area contributed by atoms with Gasteiger partial charge in [0.25, 0.3) is 0 Å². The third kappa shape index (κ3) is 18.3. The molecule has 0 radical (unpaired) electrons. The van der Waals surface area contributed by atoms with E-state index in [-0.39, 0.29) is 37.9 Å². The largest absolute Gasteiger partial charge is 3.00 e. The summed E-state index contributed by atoms with van der Waals surface area (Å²) >= 11 is 0. The third-order valence-corrected chi connectivity index (χ3v) is 26.4. The Bertz CT molecular complexity index is 6780. The normalized spacial score (nSPS) is 13.5. The Hall–Kier alpha value is -15.9. The molecule has 22 rings (SSSR count). The van der Waals surface area contributed by atoms with E-state index in [4.69, 9.17) is 15.0 Å². The minimum absolute atomic E-state index is 0. The van der Waals surface area contributed by atoms with Crippen molar-refractivity contribution >= 4 is 0 Å². The quantitative estimate of drug-likeness (QED) is 0.0673. The Kier molecular flexibility index (Phi) is 24.2. The smallest absolute Gasteiger partial charge is 0.304 e. The first-order valence-electron chi connectivity index (χ1n) is 45.7. The molecule has 630 valence electrons. The van der Waals surface area contributed by atoms with E-state index in [2.05, 4.69) is 492 Å². The van der Waals surface area contributed by atoms with Crippen LogP contribution in [0, 0.1) is 18.2 Å². The van der Waals surface area contributed by atoms with Gasteiger partial charge in [0.2, 0.25) is 0 Å². The van der Waals surface area contributed by atoms with Gasteiger partial charge in [-0.25, -0.2) is 0 Å². The summed E-state index contributed by atoms with van der Waals surface area (Å²) in [5.74, 6) is 0.508. The van der Waals surface area contributed by atoms with E-state index >= 15 is 0 Å². The molecule has 1 fully saturated rings. The van der Waals surface area contributed by atoms with Crippen LogP contribution >= 0.6 is 0 Å². The molecule has 0 N–H and O–H groups in total. The first-order chi connectivity index (χ1) is 65.3. The van der Waals surface area contributed by atoms with Gasteiger partial charge in [-0.2, -0.15) is 0 Å².